The second-order valence-corrected chi connectivity index (χ2v) is 6.64. The fourth-order valence-corrected chi connectivity index (χ4v) is 2.42. The van der Waals surface area contributed by atoms with E-state index in [1.807, 2.05) is 82.3 Å². The second-order valence-electron chi connectivity index (χ2n) is 6.64. The first-order valence-corrected chi connectivity index (χ1v) is 8.03. The Morgan fingerprint density at radius 1 is 1.00 bits per heavy atom. The van der Waals surface area contributed by atoms with Crippen LogP contribution in [0.15, 0.2) is 54.6 Å². The van der Waals surface area contributed by atoms with Gasteiger partial charge in [0.05, 0.1) is 13.2 Å². The lowest BCUT2D eigenvalue weighted by Gasteiger charge is -2.32. The number of carbonyl (C=O) groups excluding carboxylic acids is 1. The predicted molar refractivity (Wildman–Crippen MR) is 96.6 cm³/mol. The maximum Gasteiger partial charge on any atom is 0.415 e. The van der Waals surface area contributed by atoms with Crippen molar-refractivity contribution in [2.75, 3.05) is 12.0 Å². The summed E-state index contributed by atoms with van der Waals surface area (Å²) >= 11 is 0. The fourth-order valence-electron chi connectivity index (χ4n) is 2.42. The lowest BCUT2D eigenvalue weighted by molar-refractivity contribution is 0.0567. The number of hydrogen-bond donors (Lipinski definition) is 0. The van der Waals surface area contributed by atoms with Crippen LogP contribution in [0.25, 0.3) is 0 Å². The zero-order chi connectivity index (χ0) is 17.7. The van der Waals surface area contributed by atoms with Crippen molar-refractivity contribution in [3.8, 4) is 5.75 Å². The number of hydrogen-bond acceptors (Lipinski definition) is 3. The van der Waals surface area contributed by atoms with Crippen LogP contribution in [0, 0.1) is 0 Å². The SMILES string of the molecule is COc1ccc(N(C(=O)OC(C)(C)C)[C@@H](C)c2ccccc2)cc1. The normalized spacial score (nSPS) is 12.4. The highest BCUT2D eigenvalue weighted by Gasteiger charge is 2.28. The van der Waals surface area contributed by atoms with Crippen LogP contribution in [0.5, 0.6) is 5.75 Å². The minimum atomic E-state index is -0.557. The molecule has 0 heterocycles. The van der Waals surface area contributed by atoms with E-state index in [2.05, 4.69) is 0 Å². The maximum atomic E-state index is 12.8. The largest absolute Gasteiger partial charge is 0.497 e. The summed E-state index contributed by atoms with van der Waals surface area (Å²) in [7, 11) is 1.62. The Labute approximate surface area is 144 Å². The summed E-state index contributed by atoms with van der Waals surface area (Å²) in [5.74, 6) is 0.746. The molecule has 0 radical (unpaired) electrons. The second kappa shape index (κ2) is 7.39. The van der Waals surface area contributed by atoms with Gasteiger partial charge >= 0.3 is 6.09 Å². The van der Waals surface area contributed by atoms with Gasteiger partial charge in [0.1, 0.15) is 11.4 Å². The summed E-state index contributed by atoms with van der Waals surface area (Å²) in [6.45, 7) is 7.59. The van der Waals surface area contributed by atoms with Gasteiger partial charge in [-0.3, -0.25) is 4.90 Å². The maximum absolute atomic E-state index is 12.8. The molecule has 0 aliphatic heterocycles. The molecule has 0 aliphatic rings. The van der Waals surface area contributed by atoms with Gasteiger partial charge in [-0.15, -0.1) is 0 Å². The van der Waals surface area contributed by atoms with Crippen molar-refractivity contribution in [3.05, 3.63) is 60.2 Å². The van der Waals surface area contributed by atoms with Crippen molar-refractivity contribution >= 4 is 11.8 Å². The third-order valence-corrected chi connectivity index (χ3v) is 3.61. The van der Waals surface area contributed by atoms with Gasteiger partial charge in [-0.25, -0.2) is 4.79 Å². The molecule has 0 bridgehead atoms. The number of methoxy groups -OCH3 is 1. The molecule has 2 rings (SSSR count). The molecule has 0 fully saturated rings. The molecule has 0 saturated heterocycles. The van der Waals surface area contributed by atoms with Crippen molar-refractivity contribution in [1.82, 2.24) is 0 Å². The van der Waals surface area contributed by atoms with Crippen molar-refractivity contribution in [2.24, 2.45) is 0 Å². The smallest absolute Gasteiger partial charge is 0.415 e. The van der Waals surface area contributed by atoms with Crippen LogP contribution in [-0.4, -0.2) is 18.8 Å². The molecule has 0 aliphatic carbocycles. The first-order valence-electron chi connectivity index (χ1n) is 8.03. The summed E-state index contributed by atoms with van der Waals surface area (Å²) in [6, 6.07) is 17.1. The Hall–Kier alpha value is -2.49. The number of benzene rings is 2. The van der Waals surface area contributed by atoms with Crippen LogP contribution in [0.4, 0.5) is 10.5 Å². The summed E-state index contributed by atoms with van der Waals surface area (Å²) < 4.78 is 10.8. The van der Waals surface area contributed by atoms with E-state index in [4.69, 9.17) is 9.47 Å². The van der Waals surface area contributed by atoms with Gasteiger partial charge in [-0.2, -0.15) is 0 Å². The Kier molecular flexibility index (Phi) is 5.50. The minimum absolute atomic E-state index is 0.158. The highest BCUT2D eigenvalue weighted by Crippen LogP contribution is 2.30. The van der Waals surface area contributed by atoms with Gasteiger partial charge in [-0.05, 0) is 57.5 Å². The van der Waals surface area contributed by atoms with E-state index >= 15 is 0 Å². The fraction of sp³-hybridized carbons (Fsp3) is 0.350. The topological polar surface area (TPSA) is 38.8 Å². The number of amides is 1. The Morgan fingerprint density at radius 2 is 1.58 bits per heavy atom. The van der Waals surface area contributed by atoms with Crippen LogP contribution in [0.3, 0.4) is 0 Å². The molecule has 4 nitrogen and oxygen atoms in total. The molecule has 0 spiro atoms. The van der Waals surface area contributed by atoms with Gasteiger partial charge < -0.3 is 9.47 Å². The van der Waals surface area contributed by atoms with Gasteiger partial charge in [0.2, 0.25) is 0 Å². The zero-order valence-electron chi connectivity index (χ0n) is 14.9. The molecule has 0 unspecified atom stereocenters. The molecule has 0 saturated carbocycles. The molecule has 0 N–H and O–H groups in total. The zero-order valence-corrected chi connectivity index (χ0v) is 14.9. The van der Waals surface area contributed by atoms with Crippen LogP contribution in [-0.2, 0) is 4.74 Å². The van der Waals surface area contributed by atoms with Gasteiger partial charge in [-0.1, -0.05) is 30.3 Å². The number of nitrogens with zero attached hydrogens (tertiary/aromatic N) is 1. The van der Waals surface area contributed by atoms with E-state index in [0.29, 0.717) is 0 Å². The molecule has 0 aromatic heterocycles. The summed E-state index contributed by atoms with van der Waals surface area (Å²) in [6.07, 6.45) is -0.371. The van der Waals surface area contributed by atoms with Gasteiger partial charge in [0.15, 0.2) is 0 Å². The quantitative estimate of drug-likeness (QED) is 0.775. The molecule has 4 heteroatoms. The number of carbonyl (C=O) groups is 1. The molecule has 24 heavy (non-hydrogen) atoms. The van der Waals surface area contributed by atoms with Gasteiger partial charge in [0, 0.05) is 5.69 Å². The molecule has 2 aromatic carbocycles. The van der Waals surface area contributed by atoms with Crippen molar-refractivity contribution in [2.45, 2.75) is 39.3 Å². The Balaban J connectivity index is 2.38. The average Bonchev–Trinajstić information content (AvgIpc) is 2.55. The van der Waals surface area contributed by atoms with E-state index in [0.717, 1.165) is 17.0 Å². The first-order chi connectivity index (χ1) is 11.3. The third kappa shape index (κ3) is 4.51. The average molecular weight is 327 g/mol. The van der Waals surface area contributed by atoms with Crippen molar-refractivity contribution in [1.29, 1.82) is 0 Å². The Morgan fingerprint density at radius 3 is 2.08 bits per heavy atom. The van der Waals surface area contributed by atoms with Crippen LogP contribution >= 0.6 is 0 Å². The number of rotatable bonds is 4. The summed E-state index contributed by atoms with van der Waals surface area (Å²) in [5.41, 5.74) is 1.25. The lowest BCUT2D eigenvalue weighted by atomic mass is 10.1. The molecular weight excluding hydrogens is 302 g/mol. The van der Waals surface area contributed by atoms with E-state index in [-0.39, 0.29) is 12.1 Å². The van der Waals surface area contributed by atoms with Crippen LogP contribution in [0.1, 0.15) is 39.3 Å². The first kappa shape index (κ1) is 17.9. The standard InChI is InChI=1S/C20H25NO3/c1-15(16-9-7-6-8-10-16)21(19(22)24-20(2,3)4)17-11-13-18(23-5)14-12-17/h6-15H,1-5H3/t15-/m0/s1. The van der Waals surface area contributed by atoms with E-state index in [9.17, 15) is 4.79 Å². The molecule has 1 atom stereocenters. The van der Waals surface area contributed by atoms with Crippen LogP contribution < -0.4 is 9.64 Å². The van der Waals surface area contributed by atoms with E-state index in [1.54, 1.807) is 12.0 Å². The third-order valence-electron chi connectivity index (χ3n) is 3.61. The van der Waals surface area contributed by atoms with Crippen molar-refractivity contribution in [3.63, 3.8) is 0 Å². The summed E-state index contributed by atoms with van der Waals surface area (Å²) in [4.78, 5) is 14.5. The van der Waals surface area contributed by atoms with E-state index in [1.165, 1.54) is 0 Å². The molecular formula is C20H25NO3. The summed E-state index contributed by atoms with van der Waals surface area (Å²) in [5, 5.41) is 0. The lowest BCUT2D eigenvalue weighted by Crippen LogP contribution is -2.38. The number of ether oxygens (including phenoxy) is 2. The Bertz CT molecular complexity index is 660. The molecule has 128 valence electrons. The highest BCUT2D eigenvalue weighted by atomic mass is 16.6. The van der Waals surface area contributed by atoms with Crippen LogP contribution in [0.2, 0.25) is 0 Å². The predicted octanol–water partition coefficient (Wildman–Crippen LogP) is 5.20. The molecule has 2 aromatic rings. The molecule has 1 amide bonds. The van der Waals surface area contributed by atoms with Crippen molar-refractivity contribution < 1.29 is 14.3 Å². The monoisotopic (exact) mass is 327 g/mol. The highest BCUT2D eigenvalue weighted by molar-refractivity contribution is 5.88. The van der Waals surface area contributed by atoms with E-state index < -0.39 is 5.60 Å². The van der Waals surface area contributed by atoms with Gasteiger partial charge in [0.25, 0.3) is 0 Å². The minimum Gasteiger partial charge on any atom is -0.497 e. The number of anilines is 1.